The van der Waals surface area contributed by atoms with Crippen LogP contribution < -0.4 is 0 Å². The van der Waals surface area contributed by atoms with Crippen LogP contribution in [0.2, 0.25) is 5.02 Å². The van der Waals surface area contributed by atoms with Gasteiger partial charge in [-0.15, -0.1) is 0 Å². The van der Waals surface area contributed by atoms with Gasteiger partial charge in [0.05, 0.1) is 0 Å². The standard InChI is InChI=1S/C13H13ClF2O/c14-11-3-1-2-10(8-11)12(17)9-4-6-13(15,16)7-5-9/h1-3,8-9H,4-7H2. The molecule has 0 atom stereocenters. The van der Waals surface area contributed by atoms with Crippen LogP contribution in [0.15, 0.2) is 24.3 Å². The lowest BCUT2D eigenvalue weighted by molar-refractivity contribution is -0.0424. The Hall–Kier alpha value is -0.960. The first-order valence-corrected chi connectivity index (χ1v) is 6.03. The molecule has 0 heterocycles. The summed E-state index contributed by atoms with van der Waals surface area (Å²) in [6.07, 6.45) is 0.143. The monoisotopic (exact) mass is 258 g/mol. The predicted octanol–water partition coefficient (Wildman–Crippen LogP) is 4.35. The first-order chi connectivity index (χ1) is 7.98. The van der Waals surface area contributed by atoms with Crippen molar-refractivity contribution in [2.45, 2.75) is 31.6 Å². The Morgan fingerprint density at radius 3 is 2.53 bits per heavy atom. The molecule has 0 aliphatic heterocycles. The number of halogens is 3. The van der Waals surface area contributed by atoms with E-state index < -0.39 is 5.92 Å². The molecule has 2 rings (SSSR count). The Labute approximate surface area is 104 Å². The largest absolute Gasteiger partial charge is 0.294 e. The number of alkyl halides is 2. The number of benzene rings is 1. The molecule has 0 aromatic heterocycles. The van der Waals surface area contributed by atoms with Gasteiger partial charge in [-0.1, -0.05) is 23.7 Å². The summed E-state index contributed by atoms with van der Waals surface area (Å²) in [5, 5.41) is 0.497. The van der Waals surface area contributed by atoms with Gasteiger partial charge in [0, 0.05) is 29.3 Å². The lowest BCUT2D eigenvalue weighted by Gasteiger charge is -2.27. The van der Waals surface area contributed by atoms with Crippen LogP contribution >= 0.6 is 11.6 Å². The highest BCUT2D eigenvalue weighted by molar-refractivity contribution is 6.31. The molecule has 4 heteroatoms. The third kappa shape index (κ3) is 3.03. The number of ketones is 1. The number of Topliss-reactive ketones (excluding diaryl/α,β-unsaturated/α-hetero) is 1. The quantitative estimate of drug-likeness (QED) is 0.721. The van der Waals surface area contributed by atoms with E-state index in [0.29, 0.717) is 10.6 Å². The summed E-state index contributed by atoms with van der Waals surface area (Å²) >= 11 is 5.80. The molecule has 1 nitrogen and oxygen atoms in total. The Morgan fingerprint density at radius 1 is 1.29 bits per heavy atom. The topological polar surface area (TPSA) is 17.1 Å². The van der Waals surface area contributed by atoms with Gasteiger partial charge in [-0.3, -0.25) is 4.79 Å². The normalized spacial score (nSPS) is 20.2. The average Bonchev–Trinajstić information content (AvgIpc) is 2.28. The van der Waals surface area contributed by atoms with Crippen molar-refractivity contribution in [3.8, 4) is 0 Å². The molecule has 1 saturated carbocycles. The van der Waals surface area contributed by atoms with Gasteiger partial charge >= 0.3 is 0 Å². The highest BCUT2D eigenvalue weighted by Crippen LogP contribution is 2.37. The molecule has 0 amide bonds. The summed E-state index contributed by atoms with van der Waals surface area (Å²) in [5.74, 6) is -2.94. The molecule has 1 aromatic rings. The molecule has 1 aromatic carbocycles. The zero-order valence-electron chi connectivity index (χ0n) is 9.26. The molecule has 1 fully saturated rings. The molecule has 0 unspecified atom stereocenters. The highest BCUT2D eigenvalue weighted by Gasteiger charge is 2.37. The summed E-state index contributed by atoms with van der Waals surface area (Å²) in [4.78, 5) is 12.1. The Kier molecular flexibility index (Phi) is 3.48. The maximum atomic E-state index is 13.0. The van der Waals surface area contributed by atoms with Gasteiger partial charge in [0.2, 0.25) is 5.92 Å². The molecule has 0 saturated heterocycles. The Balaban J connectivity index is 2.07. The van der Waals surface area contributed by atoms with Crippen LogP contribution in [-0.2, 0) is 0 Å². The lowest BCUT2D eigenvalue weighted by Crippen LogP contribution is -2.28. The number of carbonyl (C=O) groups excluding carboxylic acids is 1. The first kappa shape index (κ1) is 12.5. The third-order valence-corrected chi connectivity index (χ3v) is 3.43. The first-order valence-electron chi connectivity index (χ1n) is 5.65. The molecule has 0 spiro atoms. The number of hydrogen-bond donors (Lipinski definition) is 0. The molecule has 1 aliphatic rings. The van der Waals surface area contributed by atoms with Crippen molar-refractivity contribution >= 4 is 17.4 Å². The van der Waals surface area contributed by atoms with Gasteiger partial charge in [0.25, 0.3) is 0 Å². The number of rotatable bonds is 2. The second-order valence-electron chi connectivity index (χ2n) is 4.50. The maximum absolute atomic E-state index is 13.0. The van der Waals surface area contributed by atoms with Crippen molar-refractivity contribution in [1.29, 1.82) is 0 Å². The fourth-order valence-electron chi connectivity index (χ4n) is 2.18. The van der Waals surface area contributed by atoms with Crippen LogP contribution in [0.25, 0.3) is 0 Å². The van der Waals surface area contributed by atoms with E-state index >= 15 is 0 Å². The van der Waals surface area contributed by atoms with E-state index in [1.165, 1.54) is 0 Å². The van der Waals surface area contributed by atoms with Crippen molar-refractivity contribution in [3.63, 3.8) is 0 Å². The van der Waals surface area contributed by atoms with Crippen LogP contribution in [0.1, 0.15) is 36.0 Å². The second kappa shape index (κ2) is 4.73. The van der Waals surface area contributed by atoms with Crippen LogP contribution in [-0.4, -0.2) is 11.7 Å². The third-order valence-electron chi connectivity index (χ3n) is 3.20. The highest BCUT2D eigenvalue weighted by atomic mass is 35.5. The molecule has 1 aliphatic carbocycles. The minimum Gasteiger partial charge on any atom is -0.294 e. The van der Waals surface area contributed by atoms with Gasteiger partial charge in [-0.05, 0) is 25.0 Å². The van der Waals surface area contributed by atoms with Crippen molar-refractivity contribution in [2.75, 3.05) is 0 Å². The van der Waals surface area contributed by atoms with Crippen LogP contribution in [0.3, 0.4) is 0 Å². The fraction of sp³-hybridized carbons (Fsp3) is 0.462. The van der Waals surface area contributed by atoms with Crippen molar-refractivity contribution in [1.82, 2.24) is 0 Å². The van der Waals surface area contributed by atoms with E-state index in [-0.39, 0.29) is 37.4 Å². The summed E-state index contributed by atoms with van der Waals surface area (Å²) in [6.45, 7) is 0. The second-order valence-corrected chi connectivity index (χ2v) is 4.94. The lowest BCUT2D eigenvalue weighted by atomic mass is 9.82. The molecule has 0 radical (unpaired) electrons. The number of carbonyl (C=O) groups is 1. The molecule has 0 bridgehead atoms. The minimum atomic E-state index is -2.59. The van der Waals surface area contributed by atoms with E-state index in [1.807, 2.05) is 0 Å². The summed E-state index contributed by atoms with van der Waals surface area (Å²) < 4.78 is 26.0. The SMILES string of the molecule is O=C(c1cccc(Cl)c1)C1CCC(F)(F)CC1. The summed E-state index contributed by atoms with van der Waals surface area (Å²) in [7, 11) is 0. The fourth-order valence-corrected chi connectivity index (χ4v) is 2.37. The van der Waals surface area contributed by atoms with Crippen molar-refractivity contribution in [3.05, 3.63) is 34.9 Å². The minimum absolute atomic E-state index is 0.0667. The van der Waals surface area contributed by atoms with E-state index in [1.54, 1.807) is 24.3 Å². The number of hydrogen-bond acceptors (Lipinski definition) is 1. The van der Waals surface area contributed by atoms with Crippen LogP contribution in [0.5, 0.6) is 0 Å². The molecular formula is C13H13ClF2O. The van der Waals surface area contributed by atoms with Crippen molar-refractivity contribution in [2.24, 2.45) is 5.92 Å². The van der Waals surface area contributed by atoms with Gasteiger partial charge < -0.3 is 0 Å². The van der Waals surface area contributed by atoms with Gasteiger partial charge in [-0.2, -0.15) is 0 Å². The zero-order valence-corrected chi connectivity index (χ0v) is 10.0. The van der Waals surface area contributed by atoms with E-state index in [0.717, 1.165) is 0 Å². The van der Waals surface area contributed by atoms with Gasteiger partial charge in [0.1, 0.15) is 0 Å². The Bertz CT molecular complexity index is 421. The van der Waals surface area contributed by atoms with Gasteiger partial charge in [-0.25, -0.2) is 8.78 Å². The molecule has 0 N–H and O–H groups in total. The summed E-state index contributed by atoms with van der Waals surface area (Å²) in [6, 6.07) is 6.66. The molecule has 92 valence electrons. The van der Waals surface area contributed by atoms with Crippen LogP contribution in [0.4, 0.5) is 8.78 Å². The summed E-state index contributed by atoms with van der Waals surface area (Å²) in [5.41, 5.74) is 0.521. The van der Waals surface area contributed by atoms with E-state index in [9.17, 15) is 13.6 Å². The van der Waals surface area contributed by atoms with Gasteiger partial charge in [0.15, 0.2) is 5.78 Å². The van der Waals surface area contributed by atoms with E-state index in [4.69, 9.17) is 11.6 Å². The Morgan fingerprint density at radius 2 is 1.94 bits per heavy atom. The predicted molar refractivity (Wildman–Crippen MR) is 62.7 cm³/mol. The maximum Gasteiger partial charge on any atom is 0.248 e. The van der Waals surface area contributed by atoms with Crippen molar-refractivity contribution < 1.29 is 13.6 Å². The van der Waals surface area contributed by atoms with E-state index in [2.05, 4.69) is 0 Å². The van der Waals surface area contributed by atoms with Crippen LogP contribution in [0, 0.1) is 5.92 Å². The average molecular weight is 259 g/mol. The molecule has 17 heavy (non-hydrogen) atoms. The molecular weight excluding hydrogens is 246 g/mol. The zero-order chi connectivity index (χ0) is 12.5. The smallest absolute Gasteiger partial charge is 0.248 e.